The van der Waals surface area contributed by atoms with Crippen LogP contribution >= 0.6 is 0 Å². The molecule has 0 spiro atoms. The maximum atomic E-state index is 11.9. The topological polar surface area (TPSA) is 54.4 Å². The van der Waals surface area contributed by atoms with Gasteiger partial charge in [0.15, 0.2) is 9.84 Å². The van der Waals surface area contributed by atoms with Gasteiger partial charge >= 0.3 is 0 Å². The van der Waals surface area contributed by atoms with Crippen molar-refractivity contribution in [1.29, 1.82) is 0 Å². The molecule has 1 rings (SSSR count). The number of aliphatic hydroxyl groups is 1. The third-order valence-electron chi connectivity index (χ3n) is 2.83. The molecule has 1 fully saturated rings. The number of hydrogen-bond acceptors (Lipinski definition) is 3. The van der Waals surface area contributed by atoms with Crippen LogP contribution in [0.25, 0.3) is 0 Å². The molecule has 0 aromatic carbocycles. The first-order valence-electron chi connectivity index (χ1n) is 5.20. The Balaban J connectivity index is 2.66. The highest BCUT2D eigenvalue weighted by Gasteiger charge is 2.33. The average Bonchev–Trinajstić information content (AvgIpc) is 2.54. The predicted octanol–water partition coefficient (Wildman–Crippen LogP) is 1.36. The van der Waals surface area contributed by atoms with Crippen molar-refractivity contribution in [3.63, 3.8) is 0 Å². The molecule has 0 amide bonds. The van der Waals surface area contributed by atoms with E-state index in [-0.39, 0.29) is 17.6 Å². The summed E-state index contributed by atoms with van der Waals surface area (Å²) in [6, 6.07) is 0. The summed E-state index contributed by atoms with van der Waals surface area (Å²) in [6.07, 6.45) is 3.68. The minimum absolute atomic E-state index is 0.0705. The molecular weight excluding hydrogens is 200 g/mol. The van der Waals surface area contributed by atoms with E-state index in [1.807, 2.05) is 0 Å². The van der Waals surface area contributed by atoms with Gasteiger partial charge in [-0.05, 0) is 12.8 Å². The van der Waals surface area contributed by atoms with Crippen LogP contribution in [0.4, 0.5) is 0 Å². The van der Waals surface area contributed by atoms with Crippen LogP contribution in [0.15, 0.2) is 0 Å². The zero-order valence-electron chi connectivity index (χ0n) is 8.99. The lowest BCUT2D eigenvalue weighted by Crippen LogP contribution is -2.32. The second-order valence-corrected chi connectivity index (χ2v) is 7.32. The molecule has 0 saturated heterocycles. The first kappa shape index (κ1) is 12.0. The van der Waals surface area contributed by atoms with Crippen LogP contribution in [-0.2, 0) is 9.84 Å². The number of aliphatic hydroxyl groups excluding tert-OH is 1. The molecule has 0 aromatic heterocycles. The molecule has 1 saturated carbocycles. The molecule has 84 valence electrons. The van der Waals surface area contributed by atoms with Gasteiger partial charge < -0.3 is 5.11 Å². The van der Waals surface area contributed by atoms with Crippen LogP contribution in [0, 0.1) is 5.41 Å². The van der Waals surface area contributed by atoms with Crippen molar-refractivity contribution in [2.24, 2.45) is 5.41 Å². The number of sulfone groups is 1. The fourth-order valence-electron chi connectivity index (χ4n) is 1.96. The Kier molecular flexibility index (Phi) is 3.58. The van der Waals surface area contributed by atoms with Gasteiger partial charge in [0.1, 0.15) is 0 Å². The van der Waals surface area contributed by atoms with Crippen molar-refractivity contribution in [3.8, 4) is 0 Å². The lowest BCUT2D eigenvalue weighted by Gasteiger charge is -2.23. The van der Waals surface area contributed by atoms with Crippen LogP contribution in [0.2, 0.25) is 0 Å². The molecule has 14 heavy (non-hydrogen) atoms. The van der Waals surface area contributed by atoms with Gasteiger partial charge in [-0.25, -0.2) is 8.42 Å². The molecular formula is C10H20O3S. The van der Waals surface area contributed by atoms with E-state index in [9.17, 15) is 8.42 Å². The highest BCUT2D eigenvalue weighted by molar-refractivity contribution is 7.92. The van der Waals surface area contributed by atoms with Gasteiger partial charge in [-0.3, -0.25) is 0 Å². The zero-order chi connectivity index (χ0) is 10.8. The van der Waals surface area contributed by atoms with Crippen LogP contribution in [0.5, 0.6) is 0 Å². The van der Waals surface area contributed by atoms with Crippen molar-refractivity contribution in [2.45, 2.75) is 44.8 Å². The van der Waals surface area contributed by atoms with Gasteiger partial charge in [0.2, 0.25) is 0 Å². The summed E-state index contributed by atoms with van der Waals surface area (Å²) in [6.45, 7) is 3.51. The summed E-state index contributed by atoms with van der Waals surface area (Å²) in [7, 11) is -2.99. The summed E-state index contributed by atoms with van der Waals surface area (Å²) >= 11 is 0. The number of rotatable bonds is 4. The van der Waals surface area contributed by atoms with Crippen molar-refractivity contribution in [1.82, 2.24) is 0 Å². The van der Waals surface area contributed by atoms with E-state index in [0.29, 0.717) is 0 Å². The average molecular weight is 220 g/mol. The lowest BCUT2D eigenvalue weighted by molar-refractivity contribution is 0.178. The molecule has 0 unspecified atom stereocenters. The minimum atomic E-state index is -2.99. The highest BCUT2D eigenvalue weighted by Crippen LogP contribution is 2.28. The van der Waals surface area contributed by atoms with Crippen LogP contribution in [-0.4, -0.2) is 31.1 Å². The SMILES string of the molecule is CC(C)(CO)CS(=O)(=O)C1CCCC1. The van der Waals surface area contributed by atoms with Crippen molar-refractivity contribution in [2.75, 3.05) is 12.4 Å². The van der Waals surface area contributed by atoms with Crippen molar-refractivity contribution < 1.29 is 13.5 Å². The molecule has 0 atom stereocenters. The van der Waals surface area contributed by atoms with Crippen LogP contribution < -0.4 is 0 Å². The molecule has 0 radical (unpaired) electrons. The van der Waals surface area contributed by atoms with Crippen LogP contribution in [0.1, 0.15) is 39.5 Å². The van der Waals surface area contributed by atoms with Gasteiger partial charge in [-0.1, -0.05) is 26.7 Å². The maximum Gasteiger partial charge on any atom is 0.153 e. The Labute approximate surface area is 86.4 Å². The van der Waals surface area contributed by atoms with E-state index in [1.54, 1.807) is 13.8 Å². The standard InChI is InChI=1S/C10H20O3S/c1-10(2,7-11)8-14(12,13)9-5-3-4-6-9/h9,11H,3-8H2,1-2H3. The Morgan fingerprint density at radius 1 is 1.29 bits per heavy atom. The second kappa shape index (κ2) is 4.19. The summed E-state index contributed by atoms with van der Waals surface area (Å²) in [4.78, 5) is 0. The Morgan fingerprint density at radius 3 is 2.21 bits per heavy atom. The quantitative estimate of drug-likeness (QED) is 0.778. The third kappa shape index (κ3) is 2.95. The van der Waals surface area contributed by atoms with Crippen molar-refractivity contribution >= 4 is 9.84 Å². The van der Waals surface area contributed by atoms with E-state index in [0.717, 1.165) is 25.7 Å². The molecule has 1 aliphatic carbocycles. The Hall–Kier alpha value is -0.0900. The van der Waals surface area contributed by atoms with Gasteiger partial charge in [0.25, 0.3) is 0 Å². The molecule has 3 nitrogen and oxygen atoms in total. The Morgan fingerprint density at radius 2 is 1.79 bits per heavy atom. The van der Waals surface area contributed by atoms with E-state index < -0.39 is 15.3 Å². The molecule has 1 N–H and O–H groups in total. The molecule has 0 aromatic rings. The van der Waals surface area contributed by atoms with Gasteiger partial charge in [-0.2, -0.15) is 0 Å². The van der Waals surface area contributed by atoms with Gasteiger partial charge in [0.05, 0.1) is 11.0 Å². The lowest BCUT2D eigenvalue weighted by atomic mass is 9.98. The van der Waals surface area contributed by atoms with Gasteiger partial charge in [0, 0.05) is 12.0 Å². The molecule has 4 heteroatoms. The summed E-state index contributed by atoms with van der Waals surface area (Å²) in [5.41, 5.74) is -0.499. The monoisotopic (exact) mass is 220 g/mol. The van der Waals surface area contributed by atoms with Crippen molar-refractivity contribution in [3.05, 3.63) is 0 Å². The maximum absolute atomic E-state index is 11.9. The van der Waals surface area contributed by atoms with E-state index >= 15 is 0 Å². The van der Waals surface area contributed by atoms with E-state index in [2.05, 4.69) is 0 Å². The number of hydrogen-bond donors (Lipinski definition) is 1. The first-order valence-corrected chi connectivity index (χ1v) is 6.91. The minimum Gasteiger partial charge on any atom is -0.396 e. The van der Waals surface area contributed by atoms with Gasteiger partial charge in [-0.15, -0.1) is 0 Å². The molecule has 0 bridgehead atoms. The third-order valence-corrected chi connectivity index (χ3v) is 5.50. The normalized spacial score (nSPS) is 20.2. The van der Waals surface area contributed by atoms with E-state index in [4.69, 9.17) is 5.11 Å². The first-order chi connectivity index (χ1) is 6.37. The summed E-state index contributed by atoms with van der Waals surface area (Å²) in [5, 5.41) is 8.89. The summed E-state index contributed by atoms with van der Waals surface area (Å²) in [5.74, 6) is 0.112. The molecule has 0 heterocycles. The second-order valence-electron chi connectivity index (χ2n) is 5.04. The van der Waals surface area contributed by atoms with E-state index in [1.165, 1.54) is 0 Å². The summed E-state index contributed by atoms with van der Waals surface area (Å²) < 4.78 is 23.8. The van der Waals surface area contributed by atoms with Crippen LogP contribution in [0.3, 0.4) is 0 Å². The molecule has 0 aliphatic heterocycles. The molecule has 1 aliphatic rings. The fourth-order valence-corrected chi connectivity index (χ4v) is 4.42. The predicted molar refractivity (Wildman–Crippen MR) is 56.9 cm³/mol. The zero-order valence-corrected chi connectivity index (χ0v) is 9.81. The highest BCUT2D eigenvalue weighted by atomic mass is 32.2. The fraction of sp³-hybridized carbons (Fsp3) is 1.00. The largest absolute Gasteiger partial charge is 0.396 e. The smallest absolute Gasteiger partial charge is 0.153 e. The Bertz CT molecular complexity index is 274.